The summed E-state index contributed by atoms with van der Waals surface area (Å²) in [4.78, 5) is 0.476. The molecule has 0 spiro atoms. The smallest absolute Gasteiger partial charge is 0.141 e. The molecule has 0 heterocycles. The van der Waals surface area contributed by atoms with E-state index in [1.807, 2.05) is 19.9 Å². The van der Waals surface area contributed by atoms with E-state index in [9.17, 15) is 0 Å². The summed E-state index contributed by atoms with van der Waals surface area (Å²) >= 11 is 17.0. The number of ether oxygens (including phenoxy) is 1. The zero-order chi connectivity index (χ0) is 13.0. The first-order valence-electron chi connectivity index (χ1n) is 5.35. The molecule has 0 aliphatic heterocycles. The Kier molecular flexibility index (Phi) is 5.50. The first-order valence-corrected chi connectivity index (χ1v) is 6.52. The number of hydrogen-bond acceptors (Lipinski definition) is 2. The molecule has 1 unspecified atom stereocenters. The number of halogens is 2. The van der Waals surface area contributed by atoms with Crippen LogP contribution in [0.2, 0.25) is 10.0 Å². The van der Waals surface area contributed by atoms with Gasteiger partial charge in [0.2, 0.25) is 0 Å². The Balaban J connectivity index is 3.07. The molecule has 1 aromatic rings. The van der Waals surface area contributed by atoms with E-state index in [0.29, 0.717) is 33.8 Å². The summed E-state index contributed by atoms with van der Waals surface area (Å²) in [6.07, 6.45) is 0.672. The van der Waals surface area contributed by atoms with E-state index in [0.717, 1.165) is 5.56 Å². The standard InChI is InChI=1S/C12H15Cl2NOS/c1-3-16-11-8(4-7(2)12(15)17)5-9(13)6-10(11)14/h5-7H,3-4H2,1-2H3,(H2,15,17). The summed E-state index contributed by atoms with van der Waals surface area (Å²) in [5, 5.41) is 1.10. The van der Waals surface area contributed by atoms with Crippen molar-refractivity contribution in [1.82, 2.24) is 0 Å². The first-order chi connectivity index (χ1) is 7.95. The summed E-state index contributed by atoms with van der Waals surface area (Å²) in [7, 11) is 0. The Hall–Kier alpha value is -0.510. The van der Waals surface area contributed by atoms with E-state index >= 15 is 0 Å². The predicted octanol–water partition coefficient (Wildman–Crippen LogP) is 3.86. The van der Waals surface area contributed by atoms with Crippen LogP contribution in [0.3, 0.4) is 0 Å². The molecule has 0 fully saturated rings. The van der Waals surface area contributed by atoms with Crippen molar-refractivity contribution in [3.63, 3.8) is 0 Å². The van der Waals surface area contributed by atoms with Gasteiger partial charge in [-0.3, -0.25) is 0 Å². The zero-order valence-corrected chi connectivity index (χ0v) is 12.1. The van der Waals surface area contributed by atoms with Crippen molar-refractivity contribution >= 4 is 40.4 Å². The van der Waals surface area contributed by atoms with Crippen molar-refractivity contribution in [3.05, 3.63) is 27.7 Å². The van der Waals surface area contributed by atoms with Gasteiger partial charge in [-0.2, -0.15) is 0 Å². The Morgan fingerprint density at radius 1 is 1.47 bits per heavy atom. The van der Waals surface area contributed by atoms with E-state index in [1.54, 1.807) is 6.07 Å². The van der Waals surface area contributed by atoms with Gasteiger partial charge in [0, 0.05) is 10.9 Å². The van der Waals surface area contributed by atoms with Gasteiger partial charge >= 0.3 is 0 Å². The molecule has 1 atom stereocenters. The molecule has 0 bridgehead atoms. The van der Waals surface area contributed by atoms with Crippen molar-refractivity contribution in [2.75, 3.05) is 6.61 Å². The lowest BCUT2D eigenvalue weighted by Gasteiger charge is -2.15. The van der Waals surface area contributed by atoms with E-state index < -0.39 is 0 Å². The number of rotatable bonds is 5. The van der Waals surface area contributed by atoms with Gasteiger partial charge in [-0.1, -0.05) is 42.3 Å². The second kappa shape index (κ2) is 6.43. The topological polar surface area (TPSA) is 35.2 Å². The van der Waals surface area contributed by atoms with Gasteiger partial charge in [0.05, 0.1) is 16.6 Å². The van der Waals surface area contributed by atoms with Crippen LogP contribution in [-0.4, -0.2) is 11.6 Å². The predicted molar refractivity (Wildman–Crippen MR) is 77.3 cm³/mol. The van der Waals surface area contributed by atoms with Crippen molar-refractivity contribution in [3.8, 4) is 5.75 Å². The summed E-state index contributed by atoms with van der Waals surface area (Å²) in [6, 6.07) is 3.51. The van der Waals surface area contributed by atoms with Crippen molar-refractivity contribution in [2.24, 2.45) is 11.7 Å². The Morgan fingerprint density at radius 2 is 2.12 bits per heavy atom. The highest BCUT2D eigenvalue weighted by molar-refractivity contribution is 7.80. The molecule has 2 nitrogen and oxygen atoms in total. The highest BCUT2D eigenvalue weighted by atomic mass is 35.5. The molecule has 2 N–H and O–H groups in total. The maximum Gasteiger partial charge on any atom is 0.141 e. The summed E-state index contributed by atoms with van der Waals surface area (Å²) in [6.45, 7) is 4.42. The van der Waals surface area contributed by atoms with Crippen LogP contribution in [0.4, 0.5) is 0 Å². The van der Waals surface area contributed by atoms with E-state index in [4.69, 9.17) is 45.9 Å². The Labute approximate surface area is 117 Å². The molecular formula is C12H15Cl2NOS. The van der Waals surface area contributed by atoms with E-state index in [2.05, 4.69) is 0 Å². The summed E-state index contributed by atoms with van der Waals surface area (Å²) in [5.74, 6) is 0.750. The average Bonchev–Trinajstić information content (AvgIpc) is 2.22. The molecule has 1 aromatic carbocycles. The fourth-order valence-corrected chi connectivity index (χ4v) is 2.18. The van der Waals surface area contributed by atoms with Gasteiger partial charge in [-0.25, -0.2) is 0 Å². The third kappa shape index (κ3) is 4.02. The SMILES string of the molecule is CCOc1c(Cl)cc(Cl)cc1CC(C)C(N)=S. The molecule has 94 valence electrons. The van der Waals surface area contributed by atoms with Crippen LogP contribution >= 0.6 is 35.4 Å². The van der Waals surface area contributed by atoms with Crippen molar-refractivity contribution < 1.29 is 4.74 Å². The average molecular weight is 292 g/mol. The van der Waals surface area contributed by atoms with Crippen molar-refractivity contribution in [2.45, 2.75) is 20.3 Å². The lowest BCUT2D eigenvalue weighted by molar-refractivity contribution is 0.336. The third-order valence-electron chi connectivity index (χ3n) is 2.39. The number of benzene rings is 1. The highest BCUT2D eigenvalue weighted by Crippen LogP contribution is 2.33. The van der Waals surface area contributed by atoms with Crippen LogP contribution in [0.5, 0.6) is 5.75 Å². The molecule has 17 heavy (non-hydrogen) atoms. The van der Waals surface area contributed by atoms with E-state index in [-0.39, 0.29) is 5.92 Å². The molecule has 1 rings (SSSR count). The molecule has 0 aliphatic rings. The lowest BCUT2D eigenvalue weighted by atomic mass is 10.0. The van der Waals surface area contributed by atoms with Gasteiger partial charge in [-0.15, -0.1) is 0 Å². The normalized spacial score (nSPS) is 12.2. The monoisotopic (exact) mass is 291 g/mol. The molecule has 5 heteroatoms. The minimum absolute atomic E-state index is 0.0822. The molecule has 0 aliphatic carbocycles. The molecule has 0 radical (unpaired) electrons. The largest absolute Gasteiger partial charge is 0.492 e. The molecule has 0 saturated carbocycles. The van der Waals surface area contributed by atoms with Gasteiger partial charge in [0.25, 0.3) is 0 Å². The highest BCUT2D eigenvalue weighted by Gasteiger charge is 2.14. The molecular weight excluding hydrogens is 277 g/mol. The van der Waals surface area contributed by atoms with Crippen LogP contribution < -0.4 is 10.5 Å². The minimum Gasteiger partial charge on any atom is -0.492 e. The molecule has 0 aromatic heterocycles. The molecule has 0 saturated heterocycles. The fraction of sp³-hybridized carbons (Fsp3) is 0.417. The minimum atomic E-state index is 0.0822. The maximum atomic E-state index is 6.10. The van der Waals surface area contributed by atoms with Crippen LogP contribution in [0.15, 0.2) is 12.1 Å². The molecule has 0 amide bonds. The van der Waals surface area contributed by atoms with Crippen molar-refractivity contribution in [1.29, 1.82) is 0 Å². The number of hydrogen-bond donors (Lipinski definition) is 1. The van der Waals surface area contributed by atoms with Gasteiger partial charge < -0.3 is 10.5 Å². The maximum absolute atomic E-state index is 6.10. The Morgan fingerprint density at radius 3 is 2.65 bits per heavy atom. The fourth-order valence-electron chi connectivity index (χ4n) is 1.50. The lowest BCUT2D eigenvalue weighted by Crippen LogP contribution is -2.20. The van der Waals surface area contributed by atoms with E-state index in [1.165, 1.54) is 0 Å². The van der Waals surface area contributed by atoms with Crippen LogP contribution in [-0.2, 0) is 6.42 Å². The summed E-state index contributed by atoms with van der Waals surface area (Å²) < 4.78 is 5.53. The van der Waals surface area contributed by atoms with Crippen LogP contribution in [0.25, 0.3) is 0 Å². The van der Waals surface area contributed by atoms with Crippen LogP contribution in [0.1, 0.15) is 19.4 Å². The third-order valence-corrected chi connectivity index (χ3v) is 3.29. The first kappa shape index (κ1) is 14.6. The van der Waals surface area contributed by atoms with Gasteiger partial charge in [0.15, 0.2) is 0 Å². The Bertz CT molecular complexity index is 423. The second-order valence-corrected chi connectivity index (χ2v) is 5.13. The summed E-state index contributed by atoms with van der Waals surface area (Å²) in [5.41, 5.74) is 6.54. The second-order valence-electron chi connectivity index (χ2n) is 3.82. The van der Waals surface area contributed by atoms with Gasteiger partial charge in [-0.05, 0) is 31.0 Å². The quantitative estimate of drug-likeness (QED) is 0.837. The number of nitrogens with two attached hydrogens (primary N) is 1. The van der Waals surface area contributed by atoms with Gasteiger partial charge in [0.1, 0.15) is 5.75 Å². The number of thiocarbonyl (C=S) groups is 1. The zero-order valence-electron chi connectivity index (χ0n) is 9.80. The van der Waals surface area contributed by atoms with Crippen LogP contribution in [0, 0.1) is 5.92 Å².